The van der Waals surface area contributed by atoms with Crippen molar-refractivity contribution in [1.82, 2.24) is 20.1 Å². The van der Waals surface area contributed by atoms with Crippen molar-refractivity contribution in [2.45, 2.75) is 19.1 Å². The van der Waals surface area contributed by atoms with Gasteiger partial charge in [-0.1, -0.05) is 0 Å². The van der Waals surface area contributed by atoms with Crippen molar-refractivity contribution in [3.63, 3.8) is 0 Å². The monoisotopic (exact) mass is 346 g/mol. The SMILES string of the molecule is CN1CCCN(C(=O)NCc2ccnc(OCC(F)(F)F)c2)CC1. The molecule has 0 aromatic carbocycles. The topological polar surface area (TPSA) is 57.7 Å². The van der Waals surface area contributed by atoms with Crippen molar-refractivity contribution >= 4 is 6.03 Å². The van der Waals surface area contributed by atoms with E-state index in [0.29, 0.717) is 18.7 Å². The van der Waals surface area contributed by atoms with Gasteiger partial charge in [-0.15, -0.1) is 0 Å². The number of nitrogens with one attached hydrogen (secondary N) is 1. The summed E-state index contributed by atoms with van der Waals surface area (Å²) in [5, 5.41) is 2.77. The van der Waals surface area contributed by atoms with Crippen LogP contribution in [0.1, 0.15) is 12.0 Å². The lowest BCUT2D eigenvalue weighted by Crippen LogP contribution is -2.41. The second-order valence-corrected chi connectivity index (χ2v) is 5.71. The second-order valence-electron chi connectivity index (χ2n) is 5.71. The fourth-order valence-electron chi connectivity index (χ4n) is 2.33. The predicted octanol–water partition coefficient (Wildman–Crippen LogP) is 1.87. The molecule has 2 heterocycles. The van der Waals surface area contributed by atoms with E-state index in [1.807, 2.05) is 7.05 Å². The Bertz CT molecular complexity index is 554. The summed E-state index contributed by atoms with van der Waals surface area (Å²) in [4.78, 5) is 19.8. The molecule has 0 atom stereocenters. The van der Waals surface area contributed by atoms with E-state index in [-0.39, 0.29) is 18.5 Å². The van der Waals surface area contributed by atoms with Gasteiger partial charge in [0.25, 0.3) is 0 Å². The van der Waals surface area contributed by atoms with E-state index in [9.17, 15) is 18.0 Å². The normalized spacial score (nSPS) is 16.6. The van der Waals surface area contributed by atoms with Gasteiger partial charge in [0.2, 0.25) is 5.88 Å². The maximum absolute atomic E-state index is 12.2. The lowest BCUT2D eigenvalue weighted by Gasteiger charge is -2.21. The number of urea groups is 1. The Morgan fingerprint density at radius 1 is 1.33 bits per heavy atom. The highest BCUT2D eigenvalue weighted by Gasteiger charge is 2.28. The number of alkyl halides is 3. The number of hydrogen-bond donors (Lipinski definition) is 1. The van der Waals surface area contributed by atoms with Crippen LogP contribution in [0, 0.1) is 0 Å². The molecular formula is C15H21F3N4O2. The molecule has 2 amide bonds. The third-order valence-electron chi connectivity index (χ3n) is 3.63. The van der Waals surface area contributed by atoms with Crippen LogP contribution in [0.25, 0.3) is 0 Å². The summed E-state index contributed by atoms with van der Waals surface area (Å²) >= 11 is 0. The molecule has 1 fully saturated rings. The van der Waals surface area contributed by atoms with E-state index in [2.05, 4.69) is 19.9 Å². The molecule has 0 spiro atoms. The lowest BCUT2D eigenvalue weighted by atomic mass is 10.2. The second kappa shape index (κ2) is 8.18. The molecule has 0 bridgehead atoms. The van der Waals surface area contributed by atoms with Crippen molar-refractivity contribution < 1.29 is 22.7 Å². The Hall–Kier alpha value is -2.03. The van der Waals surface area contributed by atoms with Gasteiger partial charge >= 0.3 is 12.2 Å². The van der Waals surface area contributed by atoms with Gasteiger partial charge in [0, 0.05) is 38.4 Å². The van der Waals surface area contributed by atoms with E-state index in [0.717, 1.165) is 19.5 Å². The lowest BCUT2D eigenvalue weighted by molar-refractivity contribution is -0.154. The van der Waals surface area contributed by atoms with Gasteiger partial charge in [0.1, 0.15) is 0 Å². The number of aromatic nitrogens is 1. The van der Waals surface area contributed by atoms with E-state index in [4.69, 9.17) is 0 Å². The zero-order valence-corrected chi connectivity index (χ0v) is 13.5. The fraction of sp³-hybridized carbons (Fsp3) is 0.600. The number of carbonyl (C=O) groups is 1. The van der Waals surface area contributed by atoms with Crippen LogP contribution in [0.5, 0.6) is 5.88 Å². The van der Waals surface area contributed by atoms with Gasteiger partial charge in [-0.25, -0.2) is 9.78 Å². The Balaban J connectivity index is 1.84. The summed E-state index contributed by atoms with van der Waals surface area (Å²) in [6, 6.07) is 2.83. The number of ether oxygens (including phenoxy) is 1. The Kier molecular flexibility index (Phi) is 6.24. The maximum Gasteiger partial charge on any atom is 0.422 e. The number of halogens is 3. The maximum atomic E-state index is 12.2. The molecule has 2 rings (SSSR count). The smallest absolute Gasteiger partial charge is 0.422 e. The van der Waals surface area contributed by atoms with E-state index < -0.39 is 12.8 Å². The highest BCUT2D eigenvalue weighted by atomic mass is 19.4. The molecule has 1 aromatic heterocycles. The van der Waals surface area contributed by atoms with Crippen LogP contribution in [-0.2, 0) is 6.54 Å². The number of hydrogen-bond acceptors (Lipinski definition) is 4. The van der Waals surface area contributed by atoms with Gasteiger partial charge < -0.3 is 19.9 Å². The number of nitrogens with zero attached hydrogens (tertiary/aromatic N) is 3. The van der Waals surface area contributed by atoms with Gasteiger partial charge in [0.15, 0.2) is 6.61 Å². The van der Waals surface area contributed by atoms with Crippen molar-refractivity contribution in [2.24, 2.45) is 0 Å². The minimum absolute atomic E-state index is 0.115. The van der Waals surface area contributed by atoms with Crippen molar-refractivity contribution in [1.29, 1.82) is 0 Å². The average Bonchev–Trinajstić information content (AvgIpc) is 2.75. The molecule has 1 N–H and O–H groups in total. The molecule has 1 aliphatic heterocycles. The first-order valence-electron chi connectivity index (χ1n) is 7.69. The summed E-state index contributed by atoms with van der Waals surface area (Å²) in [5.74, 6) is -0.115. The van der Waals surface area contributed by atoms with Gasteiger partial charge in [-0.05, 0) is 31.6 Å². The quantitative estimate of drug-likeness (QED) is 0.904. The molecule has 0 radical (unpaired) electrons. The average molecular weight is 346 g/mol. The van der Waals surface area contributed by atoms with Crippen LogP contribution in [0.4, 0.5) is 18.0 Å². The minimum Gasteiger partial charge on any atom is -0.468 e. The molecule has 1 saturated heterocycles. The molecule has 0 unspecified atom stereocenters. The molecule has 6 nitrogen and oxygen atoms in total. The van der Waals surface area contributed by atoms with Gasteiger partial charge in [0.05, 0.1) is 0 Å². The van der Waals surface area contributed by atoms with Crippen LogP contribution in [0.2, 0.25) is 0 Å². The van der Waals surface area contributed by atoms with Crippen molar-refractivity contribution in [3.8, 4) is 5.88 Å². The first-order valence-corrected chi connectivity index (χ1v) is 7.69. The summed E-state index contributed by atoms with van der Waals surface area (Å²) in [6.45, 7) is 1.92. The third kappa shape index (κ3) is 6.23. The van der Waals surface area contributed by atoms with E-state index in [1.54, 1.807) is 11.0 Å². The van der Waals surface area contributed by atoms with Gasteiger partial charge in [-0.3, -0.25) is 0 Å². The minimum atomic E-state index is -4.41. The number of likely N-dealkylation sites (N-methyl/N-ethyl adjacent to an activating group) is 1. The Labute approximate surface area is 138 Å². The molecule has 24 heavy (non-hydrogen) atoms. The van der Waals surface area contributed by atoms with Crippen LogP contribution in [-0.4, -0.2) is 66.8 Å². The highest BCUT2D eigenvalue weighted by molar-refractivity contribution is 5.74. The van der Waals surface area contributed by atoms with Crippen LogP contribution < -0.4 is 10.1 Å². The van der Waals surface area contributed by atoms with E-state index in [1.165, 1.54) is 12.3 Å². The predicted molar refractivity (Wildman–Crippen MR) is 81.7 cm³/mol. The van der Waals surface area contributed by atoms with Crippen LogP contribution in [0.15, 0.2) is 18.3 Å². The molecule has 1 aromatic rings. The Morgan fingerprint density at radius 2 is 2.12 bits per heavy atom. The summed E-state index contributed by atoms with van der Waals surface area (Å²) < 4.78 is 41.0. The fourth-order valence-corrected chi connectivity index (χ4v) is 2.33. The zero-order valence-electron chi connectivity index (χ0n) is 13.5. The summed E-state index contributed by atoms with van der Waals surface area (Å²) in [6.07, 6.45) is -2.14. The molecular weight excluding hydrogens is 325 g/mol. The molecule has 0 aliphatic carbocycles. The summed E-state index contributed by atoms with van der Waals surface area (Å²) in [5.41, 5.74) is 0.627. The Morgan fingerprint density at radius 3 is 2.88 bits per heavy atom. The number of carbonyl (C=O) groups excluding carboxylic acids is 1. The molecule has 1 aliphatic rings. The first-order chi connectivity index (χ1) is 11.3. The van der Waals surface area contributed by atoms with E-state index >= 15 is 0 Å². The standard InChI is InChI=1S/C15H21F3N4O2/c1-21-5-2-6-22(8-7-21)14(23)20-10-12-3-4-19-13(9-12)24-11-15(16,17)18/h3-4,9H,2,5-8,10-11H2,1H3,(H,20,23). The van der Waals surface area contributed by atoms with Crippen molar-refractivity contribution in [2.75, 3.05) is 39.8 Å². The highest BCUT2D eigenvalue weighted by Crippen LogP contribution is 2.17. The zero-order chi connectivity index (χ0) is 17.6. The van der Waals surface area contributed by atoms with Crippen LogP contribution >= 0.6 is 0 Å². The molecule has 134 valence electrons. The van der Waals surface area contributed by atoms with Crippen LogP contribution in [0.3, 0.4) is 0 Å². The number of amides is 2. The number of pyridine rings is 1. The third-order valence-corrected chi connectivity index (χ3v) is 3.63. The largest absolute Gasteiger partial charge is 0.468 e. The van der Waals surface area contributed by atoms with Crippen molar-refractivity contribution in [3.05, 3.63) is 23.9 Å². The first kappa shape index (κ1) is 18.3. The molecule has 0 saturated carbocycles. The number of rotatable bonds is 4. The van der Waals surface area contributed by atoms with Gasteiger partial charge in [-0.2, -0.15) is 13.2 Å². The summed E-state index contributed by atoms with van der Waals surface area (Å²) in [7, 11) is 2.01. The molecule has 9 heteroatoms.